The number of anilines is 1. The summed E-state index contributed by atoms with van der Waals surface area (Å²) >= 11 is 5.02. The minimum absolute atomic E-state index is 0.0117. The summed E-state index contributed by atoms with van der Waals surface area (Å²) in [6.45, 7) is 2.19. The van der Waals surface area contributed by atoms with Crippen LogP contribution in [-0.4, -0.2) is 27.7 Å². The van der Waals surface area contributed by atoms with Gasteiger partial charge in [0.2, 0.25) is 0 Å². The molecule has 9 heteroatoms. The number of carbonyl (C=O) groups excluding carboxylic acids is 1. The Bertz CT molecular complexity index is 825. The van der Waals surface area contributed by atoms with Gasteiger partial charge in [-0.05, 0) is 37.3 Å². The van der Waals surface area contributed by atoms with Crippen molar-refractivity contribution in [3.05, 3.63) is 58.1 Å². The van der Waals surface area contributed by atoms with E-state index in [-0.39, 0.29) is 27.8 Å². The third-order valence-electron chi connectivity index (χ3n) is 3.10. The summed E-state index contributed by atoms with van der Waals surface area (Å²) in [4.78, 5) is 22.5. The van der Waals surface area contributed by atoms with Gasteiger partial charge in [0.1, 0.15) is 11.5 Å². The van der Waals surface area contributed by atoms with Crippen molar-refractivity contribution in [3.8, 4) is 11.5 Å². The Labute approximate surface area is 148 Å². The Morgan fingerprint density at radius 1 is 1.32 bits per heavy atom. The van der Waals surface area contributed by atoms with E-state index in [9.17, 15) is 20.0 Å². The second kappa shape index (κ2) is 8.06. The van der Waals surface area contributed by atoms with Crippen LogP contribution in [0.2, 0.25) is 0 Å². The quantitative estimate of drug-likeness (QED) is 0.325. The minimum atomic E-state index is -0.607. The molecule has 25 heavy (non-hydrogen) atoms. The largest absolute Gasteiger partial charge is 0.506 e. The van der Waals surface area contributed by atoms with Gasteiger partial charge in [-0.15, -0.1) is 0 Å². The Balaban J connectivity index is 2.12. The van der Waals surface area contributed by atoms with E-state index in [1.807, 2.05) is 0 Å². The number of hydrogen-bond donors (Lipinski definition) is 3. The summed E-state index contributed by atoms with van der Waals surface area (Å²) in [5.41, 5.74) is 0.0745. The lowest BCUT2D eigenvalue weighted by molar-refractivity contribution is -0.384. The predicted molar refractivity (Wildman–Crippen MR) is 96.1 cm³/mol. The average molecular weight is 361 g/mol. The van der Waals surface area contributed by atoms with Crippen LogP contribution in [0.25, 0.3) is 0 Å². The van der Waals surface area contributed by atoms with E-state index in [1.165, 1.54) is 0 Å². The van der Waals surface area contributed by atoms with E-state index in [0.717, 1.165) is 18.2 Å². The van der Waals surface area contributed by atoms with Crippen LogP contribution in [0.4, 0.5) is 11.4 Å². The van der Waals surface area contributed by atoms with Crippen molar-refractivity contribution < 1.29 is 19.6 Å². The normalized spacial score (nSPS) is 9.96. The zero-order chi connectivity index (χ0) is 18.4. The number of nitro groups is 1. The maximum atomic E-state index is 12.3. The van der Waals surface area contributed by atoms with Crippen molar-refractivity contribution in [2.75, 3.05) is 11.9 Å². The van der Waals surface area contributed by atoms with E-state index >= 15 is 0 Å². The number of phenols is 1. The molecular formula is C16H15N3O5S. The van der Waals surface area contributed by atoms with Crippen LogP contribution in [-0.2, 0) is 0 Å². The van der Waals surface area contributed by atoms with Crippen molar-refractivity contribution in [1.82, 2.24) is 5.32 Å². The number of ether oxygens (including phenoxy) is 1. The average Bonchev–Trinajstić information content (AvgIpc) is 2.57. The highest BCUT2D eigenvalue weighted by molar-refractivity contribution is 7.80. The molecule has 0 saturated heterocycles. The van der Waals surface area contributed by atoms with Gasteiger partial charge in [-0.25, -0.2) is 0 Å². The summed E-state index contributed by atoms with van der Waals surface area (Å²) in [5, 5.41) is 25.4. The van der Waals surface area contributed by atoms with Crippen molar-refractivity contribution >= 4 is 34.6 Å². The Hall–Kier alpha value is -3.20. The number of non-ortho nitro benzene ring substituents is 1. The molecule has 0 radical (unpaired) electrons. The molecule has 1 amide bonds. The zero-order valence-corrected chi connectivity index (χ0v) is 14.0. The lowest BCUT2D eigenvalue weighted by atomic mass is 10.2. The number of benzene rings is 2. The van der Waals surface area contributed by atoms with Gasteiger partial charge >= 0.3 is 0 Å². The number of nitro benzene ring substituents is 1. The molecule has 2 rings (SSSR count). The first kappa shape index (κ1) is 18.1. The van der Waals surface area contributed by atoms with Crippen molar-refractivity contribution in [2.45, 2.75) is 6.92 Å². The van der Waals surface area contributed by atoms with Gasteiger partial charge in [0.05, 0.1) is 22.8 Å². The van der Waals surface area contributed by atoms with Gasteiger partial charge in [-0.2, -0.15) is 0 Å². The van der Waals surface area contributed by atoms with Crippen molar-refractivity contribution in [2.24, 2.45) is 0 Å². The molecule has 0 aliphatic rings. The van der Waals surface area contributed by atoms with E-state index in [2.05, 4.69) is 10.6 Å². The Kier molecular flexibility index (Phi) is 5.85. The highest BCUT2D eigenvalue weighted by atomic mass is 32.1. The number of aromatic hydroxyl groups is 1. The number of hydrogen-bond acceptors (Lipinski definition) is 6. The molecule has 0 spiro atoms. The second-order valence-corrected chi connectivity index (χ2v) is 5.20. The summed E-state index contributed by atoms with van der Waals surface area (Å²) in [7, 11) is 0. The van der Waals surface area contributed by atoms with E-state index in [0.29, 0.717) is 12.4 Å². The van der Waals surface area contributed by atoms with Crippen LogP contribution in [0.15, 0.2) is 42.5 Å². The molecular weight excluding hydrogens is 346 g/mol. The van der Waals surface area contributed by atoms with Crippen LogP contribution in [0.3, 0.4) is 0 Å². The van der Waals surface area contributed by atoms with Gasteiger partial charge in [-0.3, -0.25) is 20.2 Å². The molecule has 0 aliphatic heterocycles. The van der Waals surface area contributed by atoms with E-state index < -0.39 is 10.8 Å². The number of rotatable bonds is 5. The molecule has 0 bridgehead atoms. The molecule has 0 aliphatic carbocycles. The summed E-state index contributed by atoms with van der Waals surface area (Å²) < 4.78 is 5.38. The molecule has 0 heterocycles. The lowest BCUT2D eigenvalue weighted by Crippen LogP contribution is -2.34. The number of phenolic OH excluding ortho intramolecular Hbond substituents is 1. The molecule has 0 unspecified atom stereocenters. The number of amides is 1. The molecule has 2 aromatic carbocycles. The fraction of sp³-hybridized carbons (Fsp3) is 0.125. The van der Waals surface area contributed by atoms with Crippen LogP contribution in [0.1, 0.15) is 17.3 Å². The minimum Gasteiger partial charge on any atom is -0.506 e. The molecule has 8 nitrogen and oxygen atoms in total. The first-order valence-electron chi connectivity index (χ1n) is 7.24. The first-order chi connectivity index (χ1) is 11.9. The maximum absolute atomic E-state index is 12.3. The third-order valence-corrected chi connectivity index (χ3v) is 3.30. The zero-order valence-electron chi connectivity index (χ0n) is 13.2. The van der Waals surface area contributed by atoms with E-state index in [1.54, 1.807) is 31.2 Å². The molecule has 0 fully saturated rings. The van der Waals surface area contributed by atoms with Crippen LogP contribution in [0.5, 0.6) is 11.5 Å². The Morgan fingerprint density at radius 3 is 2.72 bits per heavy atom. The lowest BCUT2D eigenvalue weighted by Gasteiger charge is -2.13. The van der Waals surface area contributed by atoms with Gasteiger partial charge < -0.3 is 15.2 Å². The molecule has 2 aromatic rings. The number of nitrogens with one attached hydrogen (secondary N) is 2. The molecule has 0 aromatic heterocycles. The van der Waals surface area contributed by atoms with Gasteiger partial charge in [0, 0.05) is 12.1 Å². The topological polar surface area (TPSA) is 114 Å². The number of carbonyl (C=O) groups is 1. The second-order valence-electron chi connectivity index (χ2n) is 4.80. The number of thiocarbonyl (C=S) groups is 1. The van der Waals surface area contributed by atoms with Gasteiger partial charge in [0.25, 0.3) is 11.6 Å². The maximum Gasteiger partial charge on any atom is 0.271 e. The number of para-hydroxylation sites is 1. The highest BCUT2D eigenvalue weighted by Gasteiger charge is 2.15. The highest BCUT2D eigenvalue weighted by Crippen LogP contribution is 2.27. The van der Waals surface area contributed by atoms with Crippen molar-refractivity contribution in [3.63, 3.8) is 0 Å². The fourth-order valence-corrected chi connectivity index (χ4v) is 2.20. The van der Waals surface area contributed by atoms with E-state index in [4.69, 9.17) is 17.0 Å². The molecule has 130 valence electrons. The molecule has 3 N–H and O–H groups in total. The number of nitrogens with zero attached hydrogens (tertiary/aromatic N) is 1. The molecule has 0 atom stereocenters. The van der Waals surface area contributed by atoms with Gasteiger partial charge in [-0.1, -0.05) is 12.1 Å². The van der Waals surface area contributed by atoms with Crippen molar-refractivity contribution in [1.29, 1.82) is 0 Å². The van der Waals surface area contributed by atoms with Gasteiger partial charge in [0.15, 0.2) is 5.11 Å². The standard InChI is InChI=1S/C16H15N3O5S/c1-2-24-14-6-4-3-5-11(14)15(21)18-16(25)17-12-9-10(19(22)23)7-8-13(12)20/h3-9,20H,2H2,1H3,(H2,17,18,21,25). The Morgan fingerprint density at radius 2 is 2.04 bits per heavy atom. The summed E-state index contributed by atoms with van der Waals surface area (Å²) in [6, 6.07) is 10.1. The molecule has 0 saturated carbocycles. The SMILES string of the molecule is CCOc1ccccc1C(=O)NC(=S)Nc1cc([N+](=O)[O-])ccc1O. The first-order valence-corrected chi connectivity index (χ1v) is 7.64. The third kappa shape index (κ3) is 4.64. The van der Waals surface area contributed by atoms with Crippen LogP contribution in [0, 0.1) is 10.1 Å². The summed E-state index contributed by atoms with van der Waals surface area (Å²) in [6.07, 6.45) is 0. The monoisotopic (exact) mass is 361 g/mol. The summed E-state index contributed by atoms with van der Waals surface area (Å²) in [5.74, 6) is -0.341. The fourth-order valence-electron chi connectivity index (χ4n) is 2.00. The van der Waals surface area contributed by atoms with Crippen LogP contribution >= 0.6 is 12.2 Å². The smallest absolute Gasteiger partial charge is 0.271 e. The predicted octanol–water partition coefficient (Wildman–Crippen LogP) is 2.83. The van der Waals surface area contributed by atoms with Crippen LogP contribution < -0.4 is 15.4 Å².